The smallest absolute Gasteiger partial charge is 0.310 e. The molecule has 1 saturated carbocycles. The number of unbranched alkanes of at least 4 members (excludes halogenated alkanes) is 1. The molecule has 0 aromatic heterocycles. The minimum Gasteiger partial charge on any atom is -0.488 e. The number of hydrogen-bond acceptors (Lipinski definition) is 5. The molecule has 2 rings (SSSR count). The fourth-order valence-corrected chi connectivity index (χ4v) is 4.49. The van der Waals surface area contributed by atoms with Crippen LogP contribution in [0.2, 0.25) is 0 Å². The normalized spacial score (nSPS) is 31.1. The van der Waals surface area contributed by atoms with Crippen molar-refractivity contribution in [1.82, 2.24) is 0 Å². The molecule has 7 heteroatoms. The second-order valence-electron chi connectivity index (χ2n) is 8.01. The van der Waals surface area contributed by atoms with Crippen LogP contribution in [-0.2, 0) is 14.3 Å². The number of rotatable bonds is 8. The lowest BCUT2D eigenvalue weighted by Gasteiger charge is -2.34. The topological polar surface area (TPSA) is 76.0 Å². The van der Waals surface area contributed by atoms with Crippen molar-refractivity contribution >= 4 is 5.97 Å². The zero-order chi connectivity index (χ0) is 22.5. The van der Waals surface area contributed by atoms with Crippen molar-refractivity contribution < 1.29 is 33.3 Å². The van der Waals surface area contributed by atoms with E-state index in [0.29, 0.717) is 12.8 Å². The molecule has 7 atom stereocenters. The Hall–Kier alpha value is -1.91. The first-order valence-electron chi connectivity index (χ1n) is 10.5. The van der Waals surface area contributed by atoms with Gasteiger partial charge in [0.15, 0.2) is 5.76 Å². The second-order valence-corrected chi connectivity index (χ2v) is 8.01. The number of carbonyl (C=O) groups is 1. The predicted octanol–water partition coefficient (Wildman–Crippen LogP) is 3.46. The molecule has 0 aromatic carbocycles. The van der Waals surface area contributed by atoms with Gasteiger partial charge in [0.2, 0.25) is 0 Å². The predicted molar refractivity (Wildman–Crippen MR) is 108 cm³/mol. The van der Waals surface area contributed by atoms with Crippen LogP contribution >= 0.6 is 0 Å². The number of fused-ring (bicyclic) bond motifs is 1. The summed E-state index contributed by atoms with van der Waals surface area (Å²) in [6, 6.07) is 0. The number of methoxy groups -OCH3 is 1. The molecule has 1 saturated heterocycles. The van der Waals surface area contributed by atoms with Crippen LogP contribution in [0.25, 0.3) is 0 Å². The quantitative estimate of drug-likeness (QED) is 0.269. The van der Waals surface area contributed by atoms with E-state index in [0.717, 1.165) is 0 Å². The van der Waals surface area contributed by atoms with Crippen LogP contribution in [0, 0.1) is 35.5 Å². The van der Waals surface area contributed by atoms with Crippen LogP contribution in [0.3, 0.4) is 0 Å². The molecule has 1 heterocycles. The average Bonchev–Trinajstić information content (AvgIpc) is 3.17. The Kier molecular flexibility index (Phi) is 8.45. The van der Waals surface area contributed by atoms with Crippen molar-refractivity contribution in [2.75, 3.05) is 7.11 Å². The molecule has 0 aromatic rings. The number of alkyl halides is 2. The van der Waals surface area contributed by atoms with Gasteiger partial charge in [0.05, 0.1) is 25.2 Å². The lowest BCUT2D eigenvalue weighted by molar-refractivity contribution is -0.140. The summed E-state index contributed by atoms with van der Waals surface area (Å²) < 4.78 is 40.8. The first-order valence-corrected chi connectivity index (χ1v) is 10.5. The maximum Gasteiger partial charge on any atom is 0.310 e. The Morgan fingerprint density at radius 2 is 2.20 bits per heavy atom. The molecular formula is C23H32F2O5. The van der Waals surface area contributed by atoms with Crippen LogP contribution < -0.4 is 0 Å². The summed E-state index contributed by atoms with van der Waals surface area (Å²) in [6.07, 6.45) is 1.38. The monoisotopic (exact) mass is 426 g/mol. The third-order valence-electron chi connectivity index (χ3n) is 6.11. The molecule has 0 radical (unpaired) electrons. The van der Waals surface area contributed by atoms with Gasteiger partial charge in [0.1, 0.15) is 6.10 Å². The average molecular weight is 427 g/mol. The Balaban J connectivity index is 2.26. The molecule has 2 fully saturated rings. The Bertz CT molecular complexity index is 708. The number of esters is 1. The first-order chi connectivity index (χ1) is 14.2. The van der Waals surface area contributed by atoms with E-state index in [1.807, 2.05) is 6.92 Å². The number of ether oxygens (including phenoxy) is 2. The lowest BCUT2D eigenvalue weighted by Crippen LogP contribution is -2.41. The van der Waals surface area contributed by atoms with Crippen molar-refractivity contribution in [3.05, 3.63) is 24.5 Å². The number of hydrogen-bond donors (Lipinski definition) is 2. The summed E-state index contributed by atoms with van der Waals surface area (Å²) in [4.78, 5) is 11.2. The van der Waals surface area contributed by atoms with Crippen LogP contribution in [0.15, 0.2) is 24.5 Å². The Morgan fingerprint density at radius 1 is 1.50 bits per heavy atom. The molecule has 30 heavy (non-hydrogen) atoms. The van der Waals surface area contributed by atoms with E-state index in [2.05, 4.69) is 23.2 Å². The molecule has 168 valence electrons. The fraction of sp³-hybridized carbons (Fsp3) is 0.696. The van der Waals surface area contributed by atoms with Crippen LogP contribution in [-0.4, -0.2) is 47.5 Å². The number of allylic oxidation sites excluding steroid dienone is 2. The van der Waals surface area contributed by atoms with Gasteiger partial charge >= 0.3 is 11.9 Å². The molecule has 0 amide bonds. The van der Waals surface area contributed by atoms with E-state index in [1.165, 1.54) is 19.3 Å². The van der Waals surface area contributed by atoms with E-state index in [1.54, 1.807) is 6.92 Å². The van der Waals surface area contributed by atoms with Gasteiger partial charge in [-0.15, -0.1) is 12.5 Å². The molecule has 1 aliphatic heterocycles. The minimum atomic E-state index is -3.26. The van der Waals surface area contributed by atoms with Crippen molar-refractivity contribution in [1.29, 1.82) is 0 Å². The molecule has 0 bridgehead atoms. The van der Waals surface area contributed by atoms with Gasteiger partial charge in [-0.2, -0.15) is 8.78 Å². The zero-order valence-electron chi connectivity index (χ0n) is 17.8. The van der Waals surface area contributed by atoms with E-state index in [9.17, 15) is 15.0 Å². The summed E-state index contributed by atoms with van der Waals surface area (Å²) in [7, 11) is 1.28. The highest BCUT2D eigenvalue weighted by Gasteiger charge is 2.65. The van der Waals surface area contributed by atoms with E-state index in [4.69, 9.17) is 4.74 Å². The maximum atomic E-state index is 15.3. The Labute approximate surface area is 177 Å². The molecule has 1 aliphatic carbocycles. The highest BCUT2D eigenvalue weighted by atomic mass is 19.3. The van der Waals surface area contributed by atoms with Gasteiger partial charge in [-0.05, 0) is 24.8 Å². The molecule has 2 N–H and O–H groups in total. The van der Waals surface area contributed by atoms with Gasteiger partial charge in [-0.1, -0.05) is 25.8 Å². The van der Waals surface area contributed by atoms with Crippen LogP contribution in [0.4, 0.5) is 8.78 Å². The summed E-state index contributed by atoms with van der Waals surface area (Å²) in [5.41, 5.74) is 0. The molecular weight excluding hydrogens is 394 g/mol. The summed E-state index contributed by atoms with van der Waals surface area (Å²) >= 11 is 0. The highest BCUT2D eigenvalue weighted by molar-refractivity contribution is 5.69. The van der Waals surface area contributed by atoms with Gasteiger partial charge < -0.3 is 19.7 Å². The first kappa shape index (κ1) is 24.4. The SMILES string of the molecule is C=C[C@H](O)[C@@H](C)[C@@H](C#CCC)[C@@H]1[C@@H]2[C@H](C[C@H]1O)OC(=CCCCC(=O)OC)C2(F)F. The third-order valence-corrected chi connectivity index (χ3v) is 6.11. The Morgan fingerprint density at radius 3 is 2.80 bits per heavy atom. The van der Waals surface area contributed by atoms with Crippen molar-refractivity contribution in [3.8, 4) is 11.8 Å². The number of halogens is 2. The largest absolute Gasteiger partial charge is 0.488 e. The summed E-state index contributed by atoms with van der Waals surface area (Å²) in [5, 5.41) is 20.9. The van der Waals surface area contributed by atoms with E-state index < -0.39 is 53.7 Å². The van der Waals surface area contributed by atoms with Gasteiger partial charge in [-0.25, -0.2) is 0 Å². The van der Waals surface area contributed by atoms with Crippen LogP contribution in [0.5, 0.6) is 0 Å². The van der Waals surface area contributed by atoms with Crippen molar-refractivity contribution in [3.63, 3.8) is 0 Å². The van der Waals surface area contributed by atoms with Gasteiger partial charge in [0, 0.05) is 31.1 Å². The summed E-state index contributed by atoms with van der Waals surface area (Å²) in [6.45, 7) is 7.17. The minimum absolute atomic E-state index is 0.0889. The van der Waals surface area contributed by atoms with E-state index in [-0.39, 0.29) is 25.2 Å². The number of aliphatic hydroxyl groups excluding tert-OH is 2. The maximum absolute atomic E-state index is 15.3. The zero-order valence-corrected chi connectivity index (χ0v) is 17.8. The molecule has 0 unspecified atom stereocenters. The van der Waals surface area contributed by atoms with Gasteiger partial charge in [-0.3, -0.25) is 4.79 Å². The fourth-order valence-electron chi connectivity index (χ4n) is 4.49. The molecule has 2 aliphatic rings. The highest BCUT2D eigenvalue weighted by Crippen LogP contribution is 2.56. The summed E-state index contributed by atoms with van der Waals surface area (Å²) in [5.74, 6) is -1.27. The van der Waals surface area contributed by atoms with Crippen molar-refractivity contribution in [2.24, 2.45) is 23.7 Å². The van der Waals surface area contributed by atoms with E-state index >= 15 is 8.78 Å². The molecule has 5 nitrogen and oxygen atoms in total. The standard InChI is InChI=1S/C23H32F2O5/c1-5-7-10-15(14(3)16(26)6-2)21-17(27)13-18-22(21)23(24,25)19(30-18)11-8-9-12-20(28)29-4/h6,11,14-18,21-22,26-27H,2,5,8-9,12-13H2,1,3-4H3/t14-,15+,16-,17+,18-,21-,22-/m0/s1. The lowest BCUT2D eigenvalue weighted by atomic mass is 9.72. The number of carbonyl (C=O) groups excluding carboxylic acids is 1. The third kappa shape index (κ3) is 5.04. The van der Waals surface area contributed by atoms with Crippen LogP contribution in [0.1, 0.15) is 46.0 Å². The number of aliphatic hydroxyl groups is 2. The molecule has 0 spiro atoms. The van der Waals surface area contributed by atoms with Gasteiger partial charge in [0.25, 0.3) is 0 Å². The van der Waals surface area contributed by atoms with Crippen molar-refractivity contribution in [2.45, 2.75) is 70.2 Å². The second kappa shape index (κ2) is 10.4.